The Morgan fingerprint density at radius 3 is 2.54 bits per heavy atom. The second-order valence-electron chi connectivity index (χ2n) is 7.14. The molecule has 1 aliphatic rings. The number of rotatable bonds is 5. The summed E-state index contributed by atoms with van der Waals surface area (Å²) in [7, 11) is 1.64. The van der Waals surface area contributed by atoms with E-state index in [-0.39, 0.29) is 5.91 Å². The lowest BCUT2D eigenvalue weighted by Gasteiger charge is -2.35. The minimum Gasteiger partial charge on any atom is -0.496 e. The number of ether oxygens (including phenoxy) is 1. The van der Waals surface area contributed by atoms with Gasteiger partial charge in [0.1, 0.15) is 5.75 Å². The van der Waals surface area contributed by atoms with Crippen LogP contribution in [-0.4, -0.2) is 54.0 Å². The largest absolute Gasteiger partial charge is 0.496 e. The van der Waals surface area contributed by atoms with E-state index in [0.29, 0.717) is 6.42 Å². The molecule has 0 aliphatic carbocycles. The van der Waals surface area contributed by atoms with E-state index in [1.165, 1.54) is 10.9 Å². The van der Waals surface area contributed by atoms with Gasteiger partial charge < -0.3 is 9.64 Å². The molecule has 0 unspecified atom stereocenters. The average molecular weight is 375 g/mol. The van der Waals surface area contributed by atoms with E-state index in [1.807, 2.05) is 41.4 Å². The van der Waals surface area contributed by atoms with Crippen LogP contribution in [0.4, 0.5) is 0 Å². The molecule has 1 aliphatic heterocycles. The van der Waals surface area contributed by atoms with Gasteiger partial charge in [0.25, 0.3) is 0 Å². The second-order valence-corrected chi connectivity index (χ2v) is 7.14. The molecule has 0 atom stereocenters. The number of fused-ring (bicyclic) bond motifs is 1. The zero-order valence-electron chi connectivity index (χ0n) is 16.2. The van der Waals surface area contributed by atoms with E-state index < -0.39 is 0 Å². The lowest BCUT2D eigenvalue weighted by molar-refractivity contribution is -0.132. The fourth-order valence-electron chi connectivity index (χ4n) is 3.82. The third kappa shape index (κ3) is 3.99. The van der Waals surface area contributed by atoms with E-state index >= 15 is 0 Å². The van der Waals surface area contributed by atoms with Crippen molar-refractivity contribution in [3.8, 4) is 5.75 Å². The van der Waals surface area contributed by atoms with E-state index in [1.54, 1.807) is 7.11 Å². The molecule has 2 heterocycles. The fraction of sp³-hybridized carbons (Fsp3) is 0.304. The lowest BCUT2D eigenvalue weighted by Crippen LogP contribution is -2.48. The van der Waals surface area contributed by atoms with Crippen LogP contribution >= 0.6 is 0 Å². The van der Waals surface area contributed by atoms with Gasteiger partial charge in [-0.15, -0.1) is 0 Å². The Balaban J connectivity index is 1.36. The van der Waals surface area contributed by atoms with E-state index in [2.05, 4.69) is 34.1 Å². The van der Waals surface area contributed by atoms with Crippen molar-refractivity contribution in [2.45, 2.75) is 13.0 Å². The molecule has 4 rings (SSSR count). The normalized spacial score (nSPS) is 15.0. The van der Waals surface area contributed by atoms with Crippen molar-refractivity contribution < 1.29 is 9.53 Å². The number of amides is 1. The number of piperazine rings is 1. The SMILES string of the molecule is COc1ccccc1CC(=O)N1CCN(Cc2cccc3cccnc23)CC1. The van der Waals surface area contributed by atoms with Crippen molar-refractivity contribution in [2.75, 3.05) is 33.3 Å². The minimum absolute atomic E-state index is 0.163. The zero-order chi connectivity index (χ0) is 19.3. The van der Waals surface area contributed by atoms with Crippen molar-refractivity contribution in [3.05, 3.63) is 71.9 Å². The first-order valence-electron chi connectivity index (χ1n) is 9.69. The van der Waals surface area contributed by atoms with Gasteiger partial charge in [0.2, 0.25) is 5.91 Å². The van der Waals surface area contributed by atoms with E-state index in [0.717, 1.165) is 49.6 Å². The molecule has 1 saturated heterocycles. The molecule has 144 valence electrons. The molecule has 0 spiro atoms. The summed E-state index contributed by atoms with van der Waals surface area (Å²) in [6.07, 6.45) is 2.23. The Morgan fingerprint density at radius 2 is 1.71 bits per heavy atom. The van der Waals surface area contributed by atoms with Gasteiger partial charge >= 0.3 is 0 Å². The van der Waals surface area contributed by atoms with E-state index in [4.69, 9.17) is 4.74 Å². The summed E-state index contributed by atoms with van der Waals surface area (Å²) >= 11 is 0. The molecule has 1 amide bonds. The Labute approximate surface area is 165 Å². The van der Waals surface area contributed by atoms with Crippen LogP contribution in [0.2, 0.25) is 0 Å². The summed E-state index contributed by atoms with van der Waals surface area (Å²) < 4.78 is 5.37. The molecule has 5 heteroatoms. The number of aromatic nitrogens is 1. The molecule has 5 nitrogen and oxygen atoms in total. The first-order chi connectivity index (χ1) is 13.7. The highest BCUT2D eigenvalue weighted by Crippen LogP contribution is 2.20. The van der Waals surface area contributed by atoms with Crippen molar-refractivity contribution in [2.24, 2.45) is 0 Å². The maximum Gasteiger partial charge on any atom is 0.227 e. The van der Waals surface area contributed by atoms with E-state index in [9.17, 15) is 4.79 Å². The zero-order valence-corrected chi connectivity index (χ0v) is 16.2. The third-order valence-electron chi connectivity index (χ3n) is 5.37. The van der Waals surface area contributed by atoms with Crippen LogP contribution in [0, 0.1) is 0 Å². The summed E-state index contributed by atoms with van der Waals surface area (Å²) in [6, 6.07) is 18.1. The molecular weight excluding hydrogens is 350 g/mol. The highest BCUT2D eigenvalue weighted by Gasteiger charge is 2.22. The van der Waals surface area contributed by atoms with Gasteiger partial charge in [0, 0.05) is 49.9 Å². The monoisotopic (exact) mass is 375 g/mol. The van der Waals surface area contributed by atoms with Crippen LogP contribution in [0.3, 0.4) is 0 Å². The number of benzene rings is 2. The summed E-state index contributed by atoms with van der Waals surface area (Å²) in [5, 5.41) is 1.17. The van der Waals surface area contributed by atoms with Crippen LogP contribution in [0.15, 0.2) is 60.8 Å². The maximum atomic E-state index is 12.7. The Kier molecular flexibility index (Phi) is 5.53. The molecule has 0 N–H and O–H groups in total. The van der Waals surface area contributed by atoms with Gasteiger partial charge in [-0.2, -0.15) is 0 Å². The number of hydrogen-bond acceptors (Lipinski definition) is 4. The summed E-state index contributed by atoms with van der Waals surface area (Å²) in [5.74, 6) is 0.939. The first-order valence-corrected chi connectivity index (χ1v) is 9.69. The molecule has 2 aromatic carbocycles. The summed E-state index contributed by atoms with van der Waals surface area (Å²) in [5.41, 5.74) is 3.26. The second kappa shape index (κ2) is 8.40. The molecule has 0 saturated carbocycles. The average Bonchev–Trinajstić information content (AvgIpc) is 2.75. The van der Waals surface area contributed by atoms with Gasteiger partial charge in [0.15, 0.2) is 0 Å². The quantitative estimate of drug-likeness (QED) is 0.687. The third-order valence-corrected chi connectivity index (χ3v) is 5.37. The number of methoxy groups -OCH3 is 1. The van der Waals surface area contributed by atoms with Gasteiger partial charge in [0.05, 0.1) is 19.0 Å². The Morgan fingerprint density at radius 1 is 0.964 bits per heavy atom. The van der Waals surface area contributed by atoms with Crippen LogP contribution in [0.25, 0.3) is 10.9 Å². The number of para-hydroxylation sites is 2. The Hall–Kier alpha value is -2.92. The number of hydrogen-bond donors (Lipinski definition) is 0. The maximum absolute atomic E-state index is 12.7. The summed E-state index contributed by atoms with van der Waals surface area (Å²) in [4.78, 5) is 21.6. The highest BCUT2D eigenvalue weighted by molar-refractivity contribution is 5.81. The predicted octanol–water partition coefficient (Wildman–Crippen LogP) is 3.13. The van der Waals surface area contributed by atoms with Crippen molar-refractivity contribution in [1.29, 1.82) is 0 Å². The van der Waals surface area contributed by atoms with Crippen molar-refractivity contribution in [1.82, 2.24) is 14.8 Å². The van der Waals surface area contributed by atoms with Gasteiger partial charge in [-0.25, -0.2) is 0 Å². The number of carbonyl (C=O) groups excluding carboxylic acids is 1. The number of carbonyl (C=O) groups is 1. The lowest BCUT2D eigenvalue weighted by atomic mass is 10.1. The highest BCUT2D eigenvalue weighted by atomic mass is 16.5. The van der Waals surface area contributed by atoms with Crippen LogP contribution in [0.5, 0.6) is 5.75 Å². The molecule has 0 radical (unpaired) electrons. The van der Waals surface area contributed by atoms with Gasteiger partial charge in [-0.3, -0.25) is 14.7 Å². The van der Waals surface area contributed by atoms with Gasteiger partial charge in [-0.05, 0) is 17.7 Å². The van der Waals surface area contributed by atoms with Crippen molar-refractivity contribution >= 4 is 16.8 Å². The topological polar surface area (TPSA) is 45.7 Å². The molecule has 1 aromatic heterocycles. The smallest absolute Gasteiger partial charge is 0.227 e. The fourth-order valence-corrected chi connectivity index (χ4v) is 3.82. The van der Waals surface area contributed by atoms with Gasteiger partial charge in [-0.1, -0.05) is 42.5 Å². The van der Waals surface area contributed by atoms with Crippen LogP contribution in [-0.2, 0) is 17.8 Å². The molecule has 3 aromatic rings. The van der Waals surface area contributed by atoms with Crippen LogP contribution < -0.4 is 4.74 Å². The molecular formula is C23H25N3O2. The number of nitrogens with zero attached hydrogens (tertiary/aromatic N) is 3. The molecule has 1 fully saturated rings. The first kappa shape index (κ1) is 18.4. The Bertz CT molecular complexity index is 959. The minimum atomic E-state index is 0.163. The standard InChI is InChI=1S/C23H25N3O2/c1-28-21-10-3-2-6-19(21)16-22(27)26-14-12-25(13-15-26)17-20-8-4-7-18-9-5-11-24-23(18)20/h2-11H,12-17H2,1H3. The summed E-state index contributed by atoms with van der Waals surface area (Å²) in [6.45, 7) is 4.13. The van der Waals surface area contributed by atoms with Crippen LogP contribution in [0.1, 0.15) is 11.1 Å². The predicted molar refractivity (Wildman–Crippen MR) is 110 cm³/mol. The molecule has 0 bridgehead atoms. The molecule has 28 heavy (non-hydrogen) atoms. The van der Waals surface area contributed by atoms with Crippen molar-refractivity contribution in [3.63, 3.8) is 0 Å². The number of pyridine rings is 1.